The number of esters is 1. The van der Waals surface area contributed by atoms with E-state index in [0.29, 0.717) is 23.7 Å². The van der Waals surface area contributed by atoms with E-state index >= 15 is 0 Å². The van der Waals surface area contributed by atoms with E-state index in [4.69, 9.17) is 18.9 Å². The second kappa shape index (κ2) is 7.57. The van der Waals surface area contributed by atoms with Crippen LogP contribution in [0, 0.1) is 0 Å². The zero-order valence-corrected chi connectivity index (χ0v) is 15.3. The molecule has 0 aliphatic carbocycles. The van der Waals surface area contributed by atoms with Gasteiger partial charge in [0, 0.05) is 5.56 Å². The van der Waals surface area contributed by atoms with Crippen molar-refractivity contribution in [3.8, 4) is 23.0 Å². The third-order valence-electron chi connectivity index (χ3n) is 4.33. The van der Waals surface area contributed by atoms with Gasteiger partial charge < -0.3 is 24.1 Å². The fraction of sp³-hybridized carbons (Fsp3) is 0.300. The Bertz CT molecular complexity index is 888. The number of fused-ring (bicyclic) bond motifs is 1. The maximum atomic E-state index is 12.7. The first-order valence-electron chi connectivity index (χ1n) is 8.45. The summed E-state index contributed by atoms with van der Waals surface area (Å²) < 4.78 is 21.2. The van der Waals surface area contributed by atoms with Gasteiger partial charge in [0.25, 0.3) is 0 Å². The summed E-state index contributed by atoms with van der Waals surface area (Å²) in [5.74, 6) is 0.0629. The molecule has 7 nitrogen and oxygen atoms in total. The molecule has 1 aliphatic rings. The van der Waals surface area contributed by atoms with Gasteiger partial charge in [0.05, 0.1) is 32.8 Å². The average molecular weight is 372 g/mol. The first-order chi connectivity index (χ1) is 13.0. The van der Waals surface area contributed by atoms with Crippen molar-refractivity contribution >= 4 is 11.8 Å². The number of benzene rings is 2. The highest BCUT2D eigenvalue weighted by Crippen LogP contribution is 2.43. The van der Waals surface area contributed by atoms with Gasteiger partial charge in [-0.3, -0.25) is 4.79 Å². The number of hydrogen-bond donors (Lipinski definition) is 1. The van der Waals surface area contributed by atoms with Crippen LogP contribution in [0.3, 0.4) is 0 Å². The molecule has 1 N–H and O–H groups in total. The number of hydrogen-bond acceptors (Lipinski definition) is 7. The number of carbonyl (C=O) groups excluding carboxylic acids is 2. The van der Waals surface area contributed by atoms with Crippen LogP contribution in [0.15, 0.2) is 30.3 Å². The van der Waals surface area contributed by atoms with Gasteiger partial charge >= 0.3 is 5.97 Å². The molecular formula is C20H20O7. The molecule has 2 aromatic carbocycles. The minimum atomic E-state index is -0.769. The van der Waals surface area contributed by atoms with E-state index in [1.54, 1.807) is 18.2 Å². The number of aromatic hydroxyl groups is 1. The number of Topliss-reactive ketones (excluding diaryl/α,β-unsaturated/α-hetero) is 1. The maximum Gasteiger partial charge on any atom is 0.343 e. The Labute approximate surface area is 156 Å². The SMILES string of the molecule is CCOc1ccc(O)c(C(=O)CC2OC(=O)c3c2ccc(OC)c3OC)c1. The van der Waals surface area contributed by atoms with Crippen molar-refractivity contribution in [3.05, 3.63) is 47.0 Å². The predicted octanol–water partition coefficient (Wildman–Crippen LogP) is 3.29. The van der Waals surface area contributed by atoms with Gasteiger partial charge in [0.15, 0.2) is 17.3 Å². The van der Waals surface area contributed by atoms with E-state index in [1.165, 1.54) is 26.4 Å². The lowest BCUT2D eigenvalue weighted by molar-refractivity contribution is 0.0365. The molecule has 27 heavy (non-hydrogen) atoms. The number of ether oxygens (including phenoxy) is 4. The Morgan fingerprint density at radius 1 is 1.19 bits per heavy atom. The van der Waals surface area contributed by atoms with Gasteiger partial charge in [-0.05, 0) is 31.2 Å². The number of methoxy groups -OCH3 is 2. The minimum absolute atomic E-state index is 0.114. The number of cyclic esters (lactones) is 1. The smallest absolute Gasteiger partial charge is 0.343 e. The quantitative estimate of drug-likeness (QED) is 0.589. The molecule has 1 heterocycles. The molecule has 0 saturated carbocycles. The Kier molecular flexibility index (Phi) is 5.21. The fourth-order valence-electron chi connectivity index (χ4n) is 3.10. The maximum absolute atomic E-state index is 12.7. The zero-order chi connectivity index (χ0) is 19.6. The molecule has 0 aromatic heterocycles. The lowest BCUT2D eigenvalue weighted by atomic mass is 9.97. The van der Waals surface area contributed by atoms with E-state index in [2.05, 4.69) is 0 Å². The number of phenolic OH excluding ortho intramolecular Hbond substituents is 1. The summed E-state index contributed by atoms with van der Waals surface area (Å²) in [6.07, 6.45) is -0.882. The van der Waals surface area contributed by atoms with Gasteiger partial charge in [-0.15, -0.1) is 0 Å². The Morgan fingerprint density at radius 2 is 1.96 bits per heavy atom. The molecule has 142 valence electrons. The topological polar surface area (TPSA) is 91.3 Å². The summed E-state index contributed by atoms with van der Waals surface area (Å²) in [5.41, 5.74) is 0.916. The van der Waals surface area contributed by atoms with E-state index in [0.717, 1.165) is 0 Å². The summed E-state index contributed by atoms with van der Waals surface area (Å²) >= 11 is 0. The molecule has 7 heteroatoms. The normalized spacial score (nSPS) is 15.1. The predicted molar refractivity (Wildman–Crippen MR) is 95.9 cm³/mol. The van der Waals surface area contributed by atoms with Crippen LogP contribution in [0.4, 0.5) is 0 Å². The van der Waals surface area contributed by atoms with E-state index in [1.807, 2.05) is 6.92 Å². The fourth-order valence-corrected chi connectivity index (χ4v) is 3.10. The Hall–Kier alpha value is -3.22. The van der Waals surface area contributed by atoms with Crippen LogP contribution in [0.5, 0.6) is 23.0 Å². The van der Waals surface area contributed by atoms with Crippen molar-refractivity contribution in [2.75, 3.05) is 20.8 Å². The first kappa shape index (κ1) is 18.6. The number of phenols is 1. The lowest BCUT2D eigenvalue weighted by Gasteiger charge is -2.13. The van der Waals surface area contributed by atoms with Crippen molar-refractivity contribution in [2.24, 2.45) is 0 Å². The molecular weight excluding hydrogens is 352 g/mol. The molecule has 0 bridgehead atoms. The van der Waals surface area contributed by atoms with Crippen molar-refractivity contribution < 1.29 is 33.6 Å². The molecule has 3 rings (SSSR count). The Morgan fingerprint density at radius 3 is 2.63 bits per heavy atom. The molecule has 2 aromatic rings. The number of rotatable bonds is 7. The van der Waals surface area contributed by atoms with Crippen molar-refractivity contribution in [1.82, 2.24) is 0 Å². The summed E-state index contributed by atoms with van der Waals surface area (Å²) in [5, 5.41) is 10.0. The summed E-state index contributed by atoms with van der Waals surface area (Å²) in [4.78, 5) is 25.0. The summed E-state index contributed by atoms with van der Waals surface area (Å²) in [6, 6.07) is 7.80. The van der Waals surface area contributed by atoms with Gasteiger partial charge in [-0.25, -0.2) is 4.79 Å². The molecule has 1 unspecified atom stereocenters. The van der Waals surface area contributed by atoms with E-state index in [9.17, 15) is 14.7 Å². The van der Waals surface area contributed by atoms with Crippen molar-refractivity contribution in [1.29, 1.82) is 0 Å². The van der Waals surface area contributed by atoms with E-state index in [-0.39, 0.29) is 34.8 Å². The third kappa shape index (κ3) is 3.40. The molecule has 0 spiro atoms. The second-order valence-electron chi connectivity index (χ2n) is 5.90. The highest BCUT2D eigenvalue weighted by molar-refractivity contribution is 6.02. The highest BCUT2D eigenvalue weighted by atomic mass is 16.6. The van der Waals surface area contributed by atoms with Gasteiger partial charge in [-0.2, -0.15) is 0 Å². The van der Waals surface area contributed by atoms with Crippen molar-refractivity contribution in [3.63, 3.8) is 0 Å². The van der Waals surface area contributed by atoms with Crippen LogP contribution in [0.25, 0.3) is 0 Å². The standard InChI is InChI=1S/C20H20O7/c1-4-26-11-5-7-14(21)13(9-11)15(22)10-17-12-6-8-16(24-2)19(25-3)18(12)20(23)27-17/h5-9,17,21H,4,10H2,1-3H3. The molecule has 0 amide bonds. The molecule has 0 fully saturated rings. The minimum Gasteiger partial charge on any atom is -0.507 e. The number of carbonyl (C=O) groups is 2. The summed E-state index contributed by atoms with van der Waals surface area (Å²) in [6.45, 7) is 2.26. The molecule has 1 atom stereocenters. The zero-order valence-electron chi connectivity index (χ0n) is 15.3. The molecule has 1 aliphatic heterocycles. The Balaban J connectivity index is 1.90. The monoisotopic (exact) mass is 372 g/mol. The van der Waals surface area contributed by atoms with Crippen LogP contribution < -0.4 is 14.2 Å². The largest absolute Gasteiger partial charge is 0.507 e. The summed E-state index contributed by atoms with van der Waals surface area (Å²) in [7, 11) is 2.90. The van der Waals surface area contributed by atoms with Crippen molar-refractivity contribution in [2.45, 2.75) is 19.4 Å². The second-order valence-corrected chi connectivity index (χ2v) is 5.90. The van der Waals surface area contributed by atoms with Gasteiger partial charge in [0.1, 0.15) is 23.2 Å². The highest BCUT2D eigenvalue weighted by Gasteiger charge is 2.37. The lowest BCUT2D eigenvalue weighted by Crippen LogP contribution is -2.08. The van der Waals surface area contributed by atoms with Crippen LogP contribution in [-0.4, -0.2) is 37.7 Å². The number of ketones is 1. The first-order valence-corrected chi connectivity index (χ1v) is 8.45. The van der Waals surface area contributed by atoms with Gasteiger partial charge in [0.2, 0.25) is 0 Å². The van der Waals surface area contributed by atoms with E-state index < -0.39 is 12.1 Å². The van der Waals surface area contributed by atoms with Crippen LogP contribution in [-0.2, 0) is 4.74 Å². The molecule has 0 saturated heterocycles. The van der Waals surface area contributed by atoms with Crippen LogP contribution in [0.2, 0.25) is 0 Å². The third-order valence-corrected chi connectivity index (χ3v) is 4.33. The van der Waals surface area contributed by atoms with Crippen LogP contribution in [0.1, 0.15) is 45.7 Å². The van der Waals surface area contributed by atoms with Gasteiger partial charge in [-0.1, -0.05) is 6.07 Å². The van der Waals surface area contributed by atoms with Crippen LogP contribution >= 0.6 is 0 Å². The average Bonchev–Trinajstić information content (AvgIpc) is 2.98. The molecule has 0 radical (unpaired) electrons.